The lowest BCUT2D eigenvalue weighted by Crippen LogP contribution is -2.41. The van der Waals surface area contributed by atoms with Crippen molar-refractivity contribution in [2.45, 2.75) is 26.8 Å². The van der Waals surface area contributed by atoms with Crippen molar-refractivity contribution < 1.29 is 14.3 Å². The second kappa shape index (κ2) is 8.14. The molecule has 0 radical (unpaired) electrons. The first-order valence-corrected chi connectivity index (χ1v) is 7.57. The Labute approximate surface area is 133 Å². The number of benzene rings is 1. The molecule has 1 amide bonds. The van der Waals surface area contributed by atoms with Crippen LogP contribution in [-0.2, 0) is 14.3 Å². The Morgan fingerprint density at radius 2 is 2.10 bits per heavy atom. The van der Waals surface area contributed by atoms with E-state index in [0.29, 0.717) is 6.61 Å². The molecule has 1 aromatic carbocycles. The highest BCUT2D eigenvalue weighted by atomic mass is 79.9. The van der Waals surface area contributed by atoms with Gasteiger partial charge in [0.15, 0.2) is 0 Å². The van der Waals surface area contributed by atoms with Crippen molar-refractivity contribution in [3.63, 3.8) is 0 Å². The van der Waals surface area contributed by atoms with Gasteiger partial charge in [-0.25, -0.2) is 0 Å². The van der Waals surface area contributed by atoms with Crippen LogP contribution in [-0.4, -0.2) is 43.0 Å². The van der Waals surface area contributed by atoms with E-state index in [1.165, 1.54) is 0 Å². The van der Waals surface area contributed by atoms with E-state index >= 15 is 0 Å². The predicted molar refractivity (Wildman–Crippen MR) is 86.2 cm³/mol. The van der Waals surface area contributed by atoms with E-state index in [4.69, 9.17) is 4.74 Å². The summed E-state index contributed by atoms with van der Waals surface area (Å²) in [5, 5.41) is 2.84. The molecule has 0 bridgehead atoms. The van der Waals surface area contributed by atoms with Crippen LogP contribution in [0.3, 0.4) is 0 Å². The molecule has 5 nitrogen and oxygen atoms in total. The van der Waals surface area contributed by atoms with Gasteiger partial charge in [-0.05, 0) is 51.6 Å². The van der Waals surface area contributed by atoms with Gasteiger partial charge >= 0.3 is 5.97 Å². The maximum Gasteiger partial charge on any atom is 0.323 e. The highest BCUT2D eigenvalue weighted by molar-refractivity contribution is 9.10. The number of ether oxygens (including phenoxy) is 1. The fourth-order valence-electron chi connectivity index (χ4n) is 1.76. The summed E-state index contributed by atoms with van der Waals surface area (Å²) in [6.45, 7) is 5.85. The molecule has 116 valence electrons. The van der Waals surface area contributed by atoms with Gasteiger partial charge in [-0.2, -0.15) is 0 Å². The fourth-order valence-corrected chi connectivity index (χ4v) is 2.24. The van der Waals surface area contributed by atoms with Crippen LogP contribution in [0.5, 0.6) is 0 Å². The molecule has 1 N–H and O–H groups in total. The number of carbonyl (C=O) groups excluding carboxylic acids is 2. The average molecular weight is 357 g/mol. The maximum atomic E-state index is 12.0. The van der Waals surface area contributed by atoms with Crippen molar-refractivity contribution in [2.75, 3.05) is 25.5 Å². The second-order valence-corrected chi connectivity index (χ2v) is 5.77. The van der Waals surface area contributed by atoms with Gasteiger partial charge in [-0.3, -0.25) is 14.5 Å². The number of aryl methyl sites for hydroxylation is 1. The molecule has 0 fully saturated rings. The lowest BCUT2D eigenvalue weighted by molar-refractivity contribution is -0.148. The van der Waals surface area contributed by atoms with Crippen molar-refractivity contribution in [2.24, 2.45) is 0 Å². The number of nitrogens with zero attached hydrogens (tertiary/aromatic N) is 1. The molecule has 1 aromatic rings. The van der Waals surface area contributed by atoms with Crippen LogP contribution >= 0.6 is 15.9 Å². The summed E-state index contributed by atoms with van der Waals surface area (Å²) in [6, 6.07) is 5.18. The molecule has 1 rings (SSSR count). The van der Waals surface area contributed by atoms with E-state index in [0.717, 1.165) is 15.7 Å². The van der Waals surface area contributed by atoms with Gasteiger partial charge in [0.05, 0.1) is 13.2 Å². The number of rotatable bonds is 6. The summed E-state index contributed by atoms with van der Waals surface area (Å²) in [6.07, 6.45) is 0. The van der Waals surface area contributed by atoms with Crippen LogP contribution in [0.1, 0.15) is 19.4 Å². The zero-order valence-electron chi connectivity index (χ0n) is 12.8. The van der Waals surface area contributed by atoms with E-state index in [9.17, 15) is 9.59 Å². The highest BCUT2D eigenvalue weighted by Gasteiger charge is 2.21. The molecule has 0 heterocycles. The Balaban J connectivity index is 2.58. The highest BCUT2D eigenvalue weighted by Crippen LogP contribution is 2.19. The maximum absolute atomic E-state index is 12.0. The van der Waals surface area contributed by atoms with Crippen molar-refractivity contribution in [1.82, 2.24) is 4.90 Å². The Morgan fingerprint density at radius 1 is 1.43 bits per heavy atom. The number of esters is 1. The largest absolute Gasteiger partial charge is 0.465 e. The third-order valence-electron chi connectivity index (χ3n) is 3.14. The molecule has 0 saturated carbocycles. The molecule has 0 saturated heterocycles. The SMILES string of the molecule is CCOC(=O)[C@H](C)N(C)CC(=O)Nc1ccc(Br)cc1C. The molecular weight excluding hydrogens is 336 g/mol. The van der Waals surface area contributed by atoms with Crippen LogP contribution in [0, 0.1) is 6.92 Å². The average Bonchev–Trinajstić information content (AvgIpc) is 2.41. The first kappa shape index (κ1) is 17.7. The van der Waals surface area contributed by atoms with Gasteiger partial charge in [-0.1, -0.05) is 15.9 Å². The minimum absolute atomic E-state index is 0.121. The Morgan fingerprint density at radius 3 is 2.67 bits per heavy atom. The number of amides is 1. The molecule has 0 unspecified atom stereocenters. The number of hydrogen-bond donors (Lipinski definition) is 1. The van der Waals surface area contributed by atoms with Crippen molar-refractivity contribution in [3.8, 4) is 0 Å². The summed E-state index contributed by atoms with van der Waals surface area (Å²) in [7, 11) is 1.72. The summed E-state index contributed by atoms with van der Waals surface area (Å²) in [5.74, 6) is -0.494. The van der Waals surface area contributed by atoms with Crippen LogP contribution in [0.15, 0.2) is 22.7 Å². The molecule has 0 aliphatic carbocycles. The smallest absolute Gasteiger partial charge is 0.323 e. The first-order chi connectivity index (χ1) is 9.85. The topological polar surface area (TPSA) is 58.6 Å². The minimum atomic E-state index is -0.457. The number of hydrogen-bond acceptors (Lipinski definition) is 4. The Bertz CT molecular complexity index is 520. The van der Waals surface area contributed by atoms with Crippen molar-refractivity contribution in [3.05, 3.63) is 28.2 Å². The summed E-state index contributed by atoms with van der Waals surface area (Å²) in [4.78, 5) is 25.3. The number of likely N-dealkylation sites (N-methyl/N-ethyl adjacent to an activating group) is 1. The van der Waals surface area contributed by atoms with Gasteiger partial charge in [0.25, 0.3) is 0 Å². The predicted octanol–water partition coefficient (Wildman–Crippen LogP) is 2.58. The molecule has 0 aliphatic rings. The van der Waals surface area contributed by atoms with Crippen molar-refractivity contribution >= 4 is 33.5 Å². The van der Waals surface area contributed by atoms with Gasteiger partial charge in [0.2, 0.25) is 5.91 Å². The van der Waals surface area contributed by atoms with Crippen LogP contribution in [0.4, 0.5) is 5.69 Å². The molecular formula is C15H21BrN2O3. The Hall–Kier alpha value is -1.40. The van der Waals surface area contributed by atoms with E-state index in [1.807, 2.05) is 25.1 Å². The molecule has 21 heavy (non-hydrogen) atoms. The molecule has 0 spiro atoms. The molecule has 6 heteroatoms. The fraction of sp³-hybridized carbons (Fsp3) is 0.467. The lowest BCUT2D eigenvalue weighted by atomic mass is 10.2. The van der Waals surface area contributed by atoms with E-state index in [2.05, 4.69) is 21.2 Å². The third-order valence-corrected chi connectivity index (χ3v) is 3.64. The lowest BCUT2D eigenvalue weighted by Gasteiger charge is -2.22. The van der Waals surface area contributed by atoms with E-state index in [1.54, 1.807) is 25.8 Å². The van der Waals surface area contributed by atoms with E-state index < -0.39 is 6.04 Å². The number of carbonyl (C=O) groups is 2. The molecule has 1 atom stereocenters. The molecule has 0 aromatic heterocycles. The summed E-state index contributed by atoms with van der Waals surface area (Å²) < 4.78 is 5.90. The first-order valence-electron chi connectivity index (χ1n) is 6.78. The minimum Gasteiger partial charge on any atom is -0.465 e. The van der Waals surface area contributed by atoms with Crippen LogP contribution in [0.25, 0.3) is 0 Å². The van der Waals surface area contributed by atoms with Crippen molar-refractivity contribution in [1.29, 1.82) is 0 Å². The van der Waals surface area contributed by atoms with Crippen LogP contribution in [0.2, 0.25) is 0 Å². The van der Waals surface area contributed by atoms with E-state index in [-0.39, 0.29) is 18.4 Å². The normalized spacial score (nSPS) is 12.1. The van der Waals surface area contributed by atoms with Gasteiger partial charge in [0.1, 0.15) is 6.04 Å². The molecule has 0 aliphatic heterocycles. The monoisotopic (exact) mass is 356 g/mol. The standard InChI is InChI=1S/C15H21BrN2O3/c1-5-21-15(20)11(3)18(4)9-14(19)17-13-7-6-12(16)8-10(13)2/h6-8,11H,5,9H2,1-4H3,(H,17,19)/t11-/m0/s1. The zero-order chi connectivity index (χ0) is 16.0. The zero-order valence-corrected chi connectivity index (χ0v) is 14.4. The van der Waals surface area contributed by atoms with Crippen LogP contribution < -0.4 is 5.32 Å². The van der Waals surface area contributed by atoms with Gasteiger partial charge in [-0.15, -0.1) is 0 Å². The summed E-state index contributed by atoms with van der Waals surface area (Å²) >= 11 is 3.38. The van der Waals surface area contributed by atoms with Gasteiger partial charge < -0.3 is 10.1 Å². The summed E-state index contributed by atoms with van der Waals surface area (Å²) in [5.41, 5.74) is 1.74. The Kier molecular flexibility index (Phi) is 6.84. The quantitative estimate of drug-likeness (QED) is 0.795. The number of anilines is 1. The van der Waals surface area contributed by atoms with Gasteiger partial charge in [0, 0.05) is 10.2 Å². The number of halogens is 1. The second-order valence-electron chi connectivity index (χ2n) is 4.85. The number of nitrogens with one attached hydrogen (secondary N) is 1. The third kappa shape index (κ3) is 5.47.